The summed E-state index contributed by atoms with van der Waals surface area (Å²) in [7, 11) is 1.93. The van der Waals surface area contributed by atoms with Crippen LogP contribution in [-0.2, 0) is 0 Å². The molecule has 0 saturated carbocycles. The highest BCUT2D eigenvalue weighted by Gasteiger charge is 2.31. The molecule has 1 aliphatic carbocycles. The van der Waals surface area contributed by atoms with Gasteiger partial charge in [0.05, 0.1) is 27.8 Å². The van der Waals surface area contributed by atoms with Crippen molar-refractivity contribution in [2.45, 2.75) is 6.92 Å². The van der Waals surface area contributed by atoms with Crippen molar-refractivity contribution in [1.29, 1.82) is 0 Å². The van der Waals surface area contributed by atoms with Crippen LogP contribution in [0.2, 0.25) is 0 Å². The van der Waals surface area contributed by atoms with Crippen LogP contribution in [-0.4, -0.2) is 24.3 Å². The van der Waals surface area contributed by atoms with Crippen molar-refractivity contribution in [3.05, 3.63) is 94.2 Å². The van der Waals surface area contributed by atoms with Crippen molar-refractivity contribution in [3.63, 3.8) is 0 Å². The number of aliphatic imine (C=N–C) groups is 1. The molecule has 0 fully saturated rings. The summed E-state index contributed by atoms with van der Waals surface area (Å²) in [5.74, 6) is -0.591. The Morgan fingerprint density at radius 2 is 1.50 bits per heavy atom. The van der Waals surface area contributed by atoms with Crippen LogP contribution in [0, 0.1) is 0 Å². The minimum absolute atomic E-state index is 0.0586. The normalized spacial score (nSPS) is 17.4. The number of halogens is 1. The van der Waals surface area contributed by atoms with E-state index in [0.29, 0.717) is 11.1 Å². The maximum atomic E-state index is 13.1. The summed E-state index contributed by atoms with van der Waals surface area (Å²) in [4.78, 5) is 32.5. The van der Waals surface area contributed by atoms with Gasteiger partial charge in [-0.25, -0.2) is 4.99 Å². The van der Waals surface area contributed by atoms with E-state index in [1.54, 1.807) is 30.3 Å². The molecular formula is C25H17ClN2O2. The maximum absolute atomic E-state index is 13.1. The highest BCUT2D eigenvalue weighted by molar-refractivity contribution is 6.50. The fraction of sp³-hybridized carbons (Fsp3) is 0.0800. The van der Waals surface area contributed by atoms with Crippen molar-refractivity contribution in [1.82, 2.24) is 0 Å². The van der Waals surface area contributed by atoms with Gasteiger partial charge in [-0.3, -0.25) is 9.59 Å². The molecule has 0 amide bonds. The number of hydrogen-bond acceptors (Lipinski definition) is 4. The van der Waals surface area contributed by atoms with Gasteiger partial charge in [-0.1, -0.05) is 60.1 Å². The van der Waals surface area contributed by atoms with Gasteiger partial charge in [0.25, 0.3) is 0 Å². The molecule has 4 nitrogen and oxygen atoms in total. The monoisotopic (exact) mass is 412 g/mol. The Hall–Kier alpha value is -3.50. The molecule has 1 aliphatic heterocycles. The zero-order chi connectivity index (χ0) is 21.0. The molecule has 0 atom stereocenters. The fourth-order valence-corrected chi connectivity index (χ4v) is 4.26. The molecule has 0 aromatic heterocycles. The summed E-state index contributed by atoms with van der Waals surface area (Å²) in [5.41, 5.74) is 4.18. The van der Waals surface area contributed by atoms with Crippen LogP contribution < -0.4 is 4.90 Å². The third-order valence-electron chi connectivity index (χ3n) is 5.60. The molecule has 5 rings (SSSR count). The molecule has 3 aromatic rings. The Morgan fingerprint density at radius 1 is 0.900 bits per heavy atom. The van der Waals surface area contributed by atoms with Gasteiger partial charge in [0.1, 0.15) is 0 Å². The summed E-state index contributed by atoms with van der Waals surface area (Å²) < 4.78 is 0. The lowest BCUT2D eigenvalue weighted by Gasteiger charge is -2.29. The molecular weight excluding hydrogens is 396 g/mol. The standard InChI is InChI=1S/C25H17ClN2O2/c1-14-21(13-19-23(26)25(30)18-10-6-5-9-17(18)24(19)29)28(2)22-12-16-8-4-3-7-15(16)11-20(22)27-14/h3-13H,1-2H3/b21-13+. The second-order valence-electron chi connectivity index (χ2n) is 7.41. The molecule has 0 radical (unpaired) electrons. The Bertz CT molecular complexity index is 1360. The fourth-order valence-electron chi connectivity index (χ4n) is 4.02. The molecule has 0 bridgehead atoms. The number of rotatable bonds is 1. The lowest BCUT2D eigenvalue weighted by atomic mass is 9.88. The molecule has 0 spiro atoms. The van der Waals surface area contributed by atoms with Gasteiger partial charge >= 0.3 is 0 Å². The van der Waals surface area contributed by atoms with Gasteiger partial charge in [0.15, 0.2) is 5.78 Å². The van der Waals surface area contributed by atoms with E-state index in [-0.39, 0.29) is 22.2 Å². The zero-order valence-corrected chi connectivity index (χ0v) is 17.2. The number of fused-ring (bicyclic) bond motifs is 3. The van der Waals surface area contributed by atoms with Gasteiger partial charge in [0.2, 0.25) is 5.78 Å². The predicted molar refractivity (Wildman–Crippen MR) is 121 cm³/mol. The number of allylic oxidation sites excluding steroid dienone is 4. The summed E-state index contributed by atoms with van der Waals surface area (Å²) >= 11 is 6.35. The quantitative estimate of drug-likeness (QED) is 0.504. The van der Waals surface area contributed by atoms with Crippen LogP contribution >= 0.6 is 11.6 Å². The van der Waals surface area contributed by atoms with E-state index in [1.807, 2.05) is 31.0 Å². The van der Waals surface area contributed by atoms with Crippen molar-refractivity contribution < 1.29 is 9.59 Å². The number of benzene rings is 3. The van der Waals surface area contributed by atoms with Crippen LogP contribution in [0.5, 0.6) is 0 Å². The van der Waals surface area contributed by atoms with E-state index in [4.69, 9.17) is 16.6 Å². The Labute approximate surface area is 178 Å². The topological polar surface area (TPSA) is 49.7 Å². The molecule has 30 heavy (non-hydrogen) atoms. The Kier molecular flexibility index (Phi) is 4.19. The van der Waals surface area contributed by atoms with Gasteiger partial charge in [-0.15, -0.1) is 0 Å². The number of hydrogen-bond donors (Lipinski definition) is 0. The third-order valence-corrected chi connectivity index (χ3v) is 5.98. The lowest BCUT2D eigenvalue weighted by molar-refractivity contribution is 0.0983. The number of carbonyl (C=O) groups excluding carboxylic acids is 2. The Balaban J connectivity index is 1.65. The largest absolute Gasteiger partial charge is 0.341 e. The summed E-state index contributed by atoms with van der Waals surface area (Å²) in [6.07, 6.45) is 1.68. The van der Waals surface area contributed by atoms with Crippen LogP contribution in [0.4, 0.5) is 11.4 Å². The van der Waals surface area contributed by atoms with Crippen LogP contribution in [0.1, 0.15) is 27.6 Å². The molecule has 2 aliphatic rings. The first-order chi connectivity index (χ1) is 14.5. The number of carbonyl (C=O) groups is 2. The van der Waals surface area contributed by atoms with Gasteiger partial charge in [-0.2, -0.15) is 0 Å². The van der Waals surface area contributed by atoms with Gasteiger partial charge in [-0.05, 0) is 35.9 Å². The van der Waals surface area contributed by atoms with Crippen molar-refractivity contribution in [2.75, 3.05) is 11.9 Å². The van der Waals surface area contributed by atoms with Gasteiger partial charge < -0.3 is 4.90 Å². The maximum Gasteiger partial charge on any atom is 0.205 e. The van der Waals surface area contributed by atoms with E-state index in [0.717, 1.165) is 33.6 Å². The second-order valence-corrected chi connectivity index (χ2v) is 7.78. The molecule has 0 unspecified atom stereocenters. The van der Waals surface area contributed by atoms with Crippen LogP contribution in [0.3, 0.4) is 0 Å². The van der Waals surface area contributed by atoms with Crippen LogP contribution in [0.15, 0.2) is 88.0 Å². The van der Waals surface area contributed by atoms with Gasteiger partial charge in [0, 0.05) is 23.7 Å². The molecule has 146 valence electrons. The molecule has 5 heteroatoms. The summed E-state index contributed by atoms with van der Waals surface area (Å²) in [6, 6.07) is 19.0. The average Bonchev–Trinajstić information content (AvgIpc) is 2.76. The highest BCUT2D eigenvalue weighted by Crippen LogP contribution is 2.39. The molecule has 1 heterocycles. The third kappa shape index (κ3) is 2.72. The van der Waals surface area contributed by atoms with Crippen LogP contribution in [0.25, 0.3) is 10.8 Å². The van der Waals surface area contributed by atoms with Crippen molar-refractivity contribution in [3.8, 4) is 0 Å². The first-order valence-corrected chi connectivity index (χ1v) is 9.95. The van der Waals surface area contributed by atoms with Crippen molar-refractivity contribution >= 4 is 51.0 Å². The molecule has 0 saturated heterocycles. The number of nitrogens with zero attached hydrogens (tertiary/aromatic N) is 2. The number of ketones is 2. The minimum Gasteiger partial charge on any atom is -0.341 e. The van der Waals surface area contributed by atoms with E-state index in [2.05, 4.69) is 24.3 Å². The smallest absolute Gasteiger partial charge is 0.205 e. The number of anilines is 1. The average molecular weight is 413 g/mol. The molecule has 0 N–H and O–H groups in total. The van der Waals surface area contributed by atoms with E-state index in [9.17, 15) is 9.59 Å². The van der Waals surface area contributed by atoms with Crippen molar-refractivity contribution in [2.24, 2.45) is 4.99 Å². The first-order valence-electron chi connectivity index (χ1n) is 9.58. The first kappa shape index (κ1) is 18.5. The van der Waals surface area contributed by atoms with E-state index in [1.165, 1.54) is 0 Å². The Morgan fingerprint density at radius 3 is 2.20 bits per heavy atom. The number of Topliss-reactive ketones (excluding diaryl/α,β-unsaturated/α-hetero) is 2. The van der Waals surface area contributed by atoms with E-state index < -0.39 is 0 Å². The lowest BCUT2D eigenvalue weighted by Crippen LogP contribution is -2.26. The molecule has 3 aromatic carbocycles. The SMILES string of the molecule is CC1=Nc2cc3ccccc3cc2N(C)/C1=C/C1=C(Cl)C(=O)c2ccccc2C1=O. The predicted octanol–water partition coefficient (Wildman–Crippen LogP) is 5.84. The van der Waals surface area contributed by atoms with E-state index >= 15 is 0 Å². The summed E-state index contributed by atoms with van der Waals surface area (Å²) in [6.45, 7) is 1.89. The second kappa shape index (κ2) is 6.78. The summed E-state index contributed by atoms with van der Waals surface area (Å²) in [5, 5.41) is 2.16. The minimum atomic E-state index is -0.335. The zero-order valence-electron chi connectivity index (χ0n) is 16.4. The highest BCUT2D eigenvalue weighted by atomic mass is 35.5.